The van der Waals surface area contributed by atoms with Crippen LogP contribution >= 0.6 is 27.7 Å². The summed E-state index contributed by atoms with van der Waals surface area (Å²) in [6.45, 7) is 1.21. The van der Waals surface area contributed by atoms with Gasteiger partial charge in [0.25, 0.3) is 0 Å². The molecule has 1 saturated heterocycles. The zero-order valence-electron chi connectivity index (χ0n) is 12.3. The standard InChI is InChI=1S/C14H19BrN2O3S2/c1-22(19,20)16-12-6-8-17(9-7-12)14(18)10-21-13-4-2-11(15)3-5-13/h2-5,12,16H,6-10H2,1H3. The van der Waals surface area contributed by atoms with Gasteiger partial charge in [0.2, 0.25) is 15.9 Å². The van der Waals surface area contributed by atoms with Crippen LogP contribution in [0, 0.1) is 0 Å². The van der Waals surface area contributed by atoms with Crippen LogP contribution < -0.4 is 4.72 Å². The molecule has 0 aliphatic carbocycles. The van der Waals surface area contributed by atoms with E-state index in [1.807, 2.05) is 29.2 Å². The molecular formula is C14H19BrN2O3S2. The number of sulfonamides is 1. The maximum absolute atomic E-state index is 12.2. The van der Waals surface area contributed by atoms with Crippen LogP contribution in [0.2, 0.25) is 0 Å². The van der Waals surface area contributed by atoms with E-state index in [1.54, 1.807) is 0 Å². The second-order valence-electron chi connectivity index (χ2n) is 5.29. The number of carbonyl (C=O) groups is 1. The number of nitrogens with zero attached hydrogens (tertiary/aromatic N) is 1. The number of hydrogen-bond acceptors (Lipinski definition) is 4. The van der Waals surface area contributed by atoms with Crippen LogP contribution in [-0.4, -0.2) is 50.4 Å². The number of piperidine rings is 1. The number of benzene rings is 1. The van der Waals surface area contributed by atoms with Gasteiger partial charge in [-0.25, -0.2) is 13.1 Å². The van der Waals surface area contributed by atoms with Gasteiger partial charge >= 0.3 is 0 Å². The van der Waals surface area contributed by atoms with Gasteiger partial charge in [-0.15, -0.1) is 11.8 Å². The van der Waals surface area contributed by atoms with Crippen LogP contribution in [0.5, 0.6) is 0 Å². The molecule has 0 unspecified atom stereocenters. The number of rotatable bonds is 5. The van der Waals surface area contributed by atoms with Crippen molar-refractivity contribution in [2.24, 2.45) is 0 Å². The molecule has 1 heterocycles. The Hall–Kier alpha value is -0.570. The van der Waals surface area contributed by atoms with Crippen molar-refractivity contribution in [3.05, 3.63) is 28.7 Å². The Balaban J connectivity index is 1.76. The molecule has 0 bridgehead atoms. The van der Waals surface area contributed by atoms with Crippen LogP contribution in [0.1, 0.15) is 12.8 Å². The van der Waals surface area contributed by atoms with Gasteiger partial charge in [0.05, 0.1) is 12.0 Å². The molecule has 2 rings (SSSR count). The first-order valence-corrected chi connectivity index (χ1v) is 10.6. The summed E-state index contributed by atoms with van der Waals surface area (Å²) in [7, 11) is -3.17. The van der Waals surface area contributed by atoms with Crippen molar-refractivity contribution in [3.8, 4) is 0 Å². The summed E-state index contributed by atoms with van der Waals surface area (Å²) in [6, 6.07) is 7.80. The molecule has 1 aromatic rings. The van der Waals surface area contributed by atoms with E-state index in [0.29, 0.717) is 31.7 Å². The van der Waals surface area contributed by atoms with Gasteiger partial charge < -0.3 is 4.90 Å². The Morgan fingerprint density at radius 1 is 1.32 bits per heavy atom. The van der Waals surface area contributed by atoms with Crippen molar-refractivity contribution in [1.82, 2.24) is 9.62 Å². The Morgan fingerprint density at radius 3 is 2.45 bits per heavy atom. The molecule has 0 spiro atoms. The van der Waals surface area contributed by atoms with Gasteiger partial charge in [0.1, 0.15) is 0 Å². The zero-order chi connectivity index (χ0) is 16.2. The molecule has 1 aliphatic heterocycles. The largest absolute Gasteiger partial charge is 0.342 e. The van der Waals surface area contributed by atoms with E-state index in [4.69, 9.17) is 0 Å². The van der Waals surface area contributed by atoms with Crippen molar-refractivity contribution < 1.29 is 13.2 Å². The topological polar surface area (TPSA) is 66.5 Å². The monoisotopic (exact) mass is 406 g/mol. The highest BCUT2D eigenvalue weighted by atomic mass is 79.9. The van der Waals surface area contributed by atoms with Crippen molar-refractivity contribution in [2.75, 3.05) is 25.1 Å². The first-order chi connectivity index (χ1) is 10.3. The van der Waals surface area contributed by atoms with Crippen molar-refractivity contribution in [1.29, 1.82) is 0 Å². The number of halogens is 1. The van der Waals surface area contributed by atoms with Gasteiger partial charge in [-0.3, -0.25) is 4.79 Å². The second kappa shape index (κ2) is 7.81. The molecule has 1 N–H and O–H groups in total. The molecule has 1 aromatic carbocycles. The average molecular weight is 407 g/mol. The third kappa shape index (κ3) is 5.91. The first-order valence-electron chi connectivity index (χ1n) is 6.97. The maximum atomic E-state index is 12.2. The summed E-state index contributed by atoms with van der Waals surface area (Å²) in [6.07, 6.45) is 2.50. The fraction of sp³-hybridized carbons (Fsp3) is 0.500. The highest BCUT2D eigenvalue weighted by molar-refractivity contribution is 9.10. The Morgan fingerprint density at radius 2 is 1.91 bits per heavy atom. The summed E-state index contributed by atoms with van der Waals surface area (Å²) in [4.78, 5) is 15.1. The van der Waals surface area contributed by atoms with Gasteiger partial charge in [0, 0.05) is 28.5 Å². The zero-order valence-corrected chi connectivity index (χ0v) is 15.5. The van der Waals surface area contributed by atoms with Gasteiger partial charge in [0.15, 0.2) is 0 Å². The summed E-state index contributed by atoms with van der Waals surface area (Å²) in [5.41, 5.74) is 0. The van der Waals surface area contributed by atoms with E-state index in [9.17, 15) is 13.2 Å². The number of carbonyl (C=O) groups excluding carboxylic acids is 1. The van der Waals surface area contributed by atoms with Crippen molar-refractivity contribution in [3.63, 3.8) is 0 Å². The lowest BCUT2D eigenvalue weighted by atomic mass is 10.1. The molecule has 5 nitrogen and oxygen atoms in total. The van der Waals surface area contributed by atoms with Crippen LogP contribution in [0.3, 0.4) is 0 Å². The molecule has 0 aromatic heterocycles. The molecule has 1 aliphatic rings. The summed E-state index contributed by atoms with van der Waals surface area (Å²) >= 11 is 4.90. The smallest absolute Gasteiger partial charge is 0.232 e. The molecule has 122 valence electrons. The lowest BCUT2D eigenvalue weighted by molar-refractivity contribution is -0.129. The number of nitrogens with one attached hydrogen (secondary N) is 1. The van der Waals surface area contributed by atoms with Crippen LogP contribution in [0.15, 0.2) is 33.6 Å². The lowest BCUT2D eigenvalue weighted by Crippen LogP contribution is -2.46. The third-order valence-electron chi connectivity index (χ3n) is 3.40. The van der Waals surface area contributed by atoms with E-state index >= 15 is 0 Å². The van der Waals surface area contributed by atoms with Crippen LogP contribution in [-0.2, 0) is 14.8 Å². The molecule has 22 heavy (non-hydrogen) atoms. The van der Waals surface area contributed by atoms with E-state index in [1.165, 1.54) is 18.0 Å². The fourth-order valence-corrected chi connectivity index (χ4v) is 4.22. The molecule has 0 saturated carbocycles. The van der Waals surface area contributed by atoms with E-state index < -0.39 is 10.0 Å². The number of amides is 1. The number of likely N-dealkylation sites (tertiary alicyclic amines) is 1. The minimum atomic E-state index is -3.17. The first kappa shape index (κ1) is 17.8. The Bertz CT molecular complexity index is 611. The van der Waals surface area contributed by atoms with Gasteiger partial charge in [-0.2, -0.15) is 0 Å². The minimum absolute atomic E-state index is 0.0572. The van der Waals surface area contributed by atoms with E-state index in [2.05, 4.69) is 20.7 Å². The number of thioether (sulfide) groups is 1. The predicted molar refractivity (Wildman–Crippen MR) is 92.4 cm³/mol. The quantitative estimate of drug-likeness (QED) is 0.760. The van der Waals surface area contributed by atoms with Crippen molar-refractivity contribution in [2.45, 2.75) is 23.8 Å². The lowest BCUT2D eigenvalue weighted by Gasteiger charge is -2.32. The molecule has 1 fully saturated rings. The third-order valence-corrected chi connectivity index (χ3v) is 5.69. The van der Waals surface area contributed by atoms with Gasteiger partial charge in [-0.05, 0) is 37.1 Å². The molecule has 0 radical (unpaired) electrons. The normalized spacial score (nSPS) is 16.7. The summed E-state index contributed by atoms with van der Waals surface area (Å²) < 4.78 is 26.0. The minimum Gasteiger partial charge on any atom is -0.342 e. The Labute approximate surface area is 144 Å². The highest BCUT2D eigenvalue weighted by Gasteiger charge is 2.24. The maximum Gasteiger partial charge on any atom is 0.232 e. The molecule has 0 atom stereocenters. The van der Waals surface area contributed by atoms with E-state index in [-0.39, 0.29) is 11.9 Å². The number of hydrogen-bond donors (Lipinski definition) is 1. The second-order valence-corrected chi connectivity index (χ2v) is 9.03. The fourth-order valence-electron chi connectivity index (χ4n) is 2.32. The summed E-state index contributed by atoms with van der Waals surface area (Å²) in [5.74, 6) is 0.511. The molecule has 1 amide bonds. The van der Waals surface area contributed by atoms with Crippen LogP contribution in [0.4, 0.5) is 0 Å². The Kier molecular flexibility index (Phi) is 6.31. The highest BCUT2D eigenvalue weighted by Crippen LogP contribution is 2.21. The van der Waals surface area contributed by atoms with Crippen LogP contribution in [0.25, 0.3) is 0 Å². The summed E-state index contributed by atoms with van der Waals surface area (Å²) in [5, 5.41) is 0. The van der Waals surface area contributed by atoms with Crippen molar-refractivity contribution >= 4 is 43.6 Å². The van der Waals surface area contributed by atoms with E-state index in [0.717, 1.165) is 9.37 Å². The molecule has 8 heteroatoms. The molecular weight excluding hydrogens is 388 g/mol. The van der Waals surface area contributed by atoms with Gasteiger partial charge in [-0.1, -0.05) is 15.9 Å². The average Bonchev–Trinajstić information content (AvgIpc) is 2.45. The predicted octanol–water partition coefficient (Wildman–Crippen LogP) is 2.08. The SMILES string of the molecule is CS(=O)(=O)NC1CCN(C(=O)CSc2ccc(Br)cc2)CC1.